The first-order chi connectivity index (χ1) is 9.98. The zero-order valence-electron chi connectivity index (χ0n) is 14.0. The minimum Gasteiger partial charge on any atom is -0.302 e. The third-order valence-corrected chi connectivity index (χ3v) is 5.40. The number of likely N-dealkylation sites (N-methyl/N-ethyl adjacent to an activating group) is 1. The largest absolute Gasteiger partial charge is 0.302 e. The van der Waals surface area contributed by atoms with Gasteiger partial charge in [-0.05, 0) is 64.6 Å². The lowest BCUT2D eigenvalue weighted by molar-refractivity contribution is 0.0434. The Morgan fingerprint density at radius 1 is 1.33 bits per heavy atom. The maximum Gasteiger partial charge on any atom is 0.0434 e. The Kier molecular flexibility index (Phi) is 5.42. The maximum absolute atomic E-state index is 5.97. The van der Waals surface area contributed by atoms with Gasteiger partial charge in [0.2, 0.25) is 0 Å². The fraction of sp³-hybridized carbons (Fsp3) is 0.667. The lowest BCUT2D eigenvalue weighted by Crippen LogP contribution is -2.62. The van der Waals surface area contributed by atoms with Crippen LogP contribution in [-0.4, -0.2) is 30.6 Å². The van der Waals surface area contributed by atoms with E-state index in [0.717, 1.165) is 12.3 Å². The average Bonchev–Trinajstić information content (AvgIpc) is 2.46. The molecule has 3 heteroatoms. The smallest absolute Gasteiger partial charge is 0.0434 e. The number of aryl methyl sites for hydroxylation is 1. The first kappa shape index (κ1) is 16.5. The van der Waals surface area contributed by atoms with E-state index in [2.05, 4.69) is 62.5 Å². The highest BCUT2D eigenvalue weighted by molar-refractivity contribution is 5.24. The Labute approximate surface area is 129 Å². The van der Waals surface area contributed by atoms with Crippen LogP contribution in [0, 0.1) is 12.8 Å². The summed E-state index contributed by atoms with van der Waals surface area (Å²) in [4.78, 5) is 2.40. The second-order valence-electron chi connectivity index (χ2n) is 7.09. The van der Waals surface area contributed by atoms with Gasteiger partial charge >= 0.3 is 0 Å². The van der Waals surface area contributed by atoms with E-state index in [9.17, 15) is 0 Å². The molecule has 0 bridgehead atoms. The minimum absolute atomic E-state index is 0.172. The van der Waals surface area contributed by atoms with Crippen molar-refractivity contribution in [3.63, 3.8) is 0 Å². The van der Waals surface area contributed by atoms with Crippen LogP contribution in [0.25, 0.3) is 0 Å². The molecule has 1 fully saturated rings. The van der Waals surface area contributed by atoms with Crippen LogP contribution in [0.3, 0.4) is 0 Å². The zero-order chi connectivity index (χ0) is 15.5. The molecule has 0 heterocycles. The molecule has 2 rings (SSSR count). The molecule has 3 N–H and O–H groups in total. The van der Waals surface area contributed by atoms with Crippen molar-refractivity contribution in [1.29, 1.82) is 0 Å². The first-order valence-corrected chi connectivity index (χ1v) is 8.17. The van der Waals surface area contributed by atoms with Gasteiger partial charge in [-0.3, -0.25) is 11.3 Å². The summed E-state index contributed by atoms with van der Waals surface area (Å²) < 4.78 is 0. The van der Waals surface area contributed by atoms with E-state index in [0.29, 0.717) is 6.04 Å². The van der Waals surface area contributed by atoms with Crippen LogP contribution in [0.4, 0.5) is 0 Å². The number of hydrogen-bond acceptors (Lipinski definition) is 3. The predicted molar refractivity (Wildman–Crippen MR) is 90.0 cm³/mol. The van der Waals surface area contributed by atoms with Crippen LogP contribution in [0.5, 0.6) is 0 Å². The summed E-state index contributed by atoms with van der Waals surface area (Å²) in [7, 11) is 4.41. The molecule has 1 unspecified atom stereocenters. The van der Waals surface area contributed by atoms with E-state index in [-0.39, 0.29) is 5.54 Å². The van der Waals surface area contributed by atoms with E-state index < -0.39 is 0 Å². The normalized spacial score (nSPS) is 27.8. The molecule has 1 atom stereocenters. The third kappa shape index (κ3) is 3.65. The molecular weight excluding hydrogens is 258 g/mol. The van der Waals surface area contributed by atoms with Crippen molar-refractivity contribution < 1.29 is 0 Å². The van der Waals surface area contributed by atoms with E-state index in [1.54, 1.807) is 0 Å². The van der Waals surface area contributed by atoms with Crippen molar-refractivity contribution in [3.05, 3.63) is 35.4 Å². The summed E-state index contributed by atoms with van der Waals surface area (Å²) >= 11 is 0. The SMILES string of the molecule is Cc1cccc(CC(NN)C2(N(C)C)CCC(C)CC2)c1. The van der Waals surface area contributed by atoms with E-state index in [1.807, 2.05) is 0 Å². The molecule has 21 heavy (non-hydrogen) atoms. The van der Waals surface area contributed by atoms with Crippen molar-refractivity contribution >= 4 is 0 Å². The number of nitrogens with two attached hydrogens (primary N) is 1. The van der Waals surface area contributed by atoms with Crippen LogP contribution < -0.4 is 11.3 Å². The molecule has 1 saturated carbocycles. The number of nitrogens with zero attached hydrogens (tertiary/aromatic N) is 1. The van der Waals surface area contributed by atoms with Gasteiger partial charge in [0.25, 0.3) is 0 Å². The van der Waals surface area contributed by atoms with Gasteiger partial charge in [0.1, 0.15) is 0 Å². The highest BCUT2D eigenvalue weighted by Crippen LogP contribution is 2.38. The summed E-state index contributed by atoms with van der Waals surface area (Å²) in [5.41, 5.74) is 6.00. The fourth-order valence-corrected chi connectivity index (χ4v) is 3.85. The van der Waals surface area contributed by atoms with Crippen molar-refractivity contribution in [3.8, 4) is 0 Å². The molecule has 0 saturated heterocycles. The molecule has 0 aliphatic heterocycles. The fourth-order valence-electron chi connectivity index (χ4n) is 3.85. The van der Waals surface area contributed by atoms with Gasteiger partial charge in [-0.2, -0.15) is 0 Å². The minimum atomic E-state index is 0.172. The van der Waals surface area contributed by atoms with Crippen molar-refractivity contribution in [2.24, 2.45) is 11.8 Å². The van der Waals surface area contributed by atoms with Gasteiger partial charge in [0, 0.05) is 11.6 Å². The quantitative estimate of drug-likeness (QED) is 0.647. The van der Waals surface area contributed by atoms with E-state index in [4.69, 9.17) is 5.84 Å². The van der Waals surface area contributed by atoms with Crippen LogP contribution in [-0.2, 0) is 6.42 Å². The molecule has 0 spiro atoms. The molecule has 1 aromatic carbocycles. The van der Waals surface area contributed by atoms with Crippen LogP contribution in [0.2, 0.25) is 0 Å². The molecule has 1 aromatic rings. The summed E-state index contributed by atoms with van der Waals surface area (Å²) in [6, 6.07) is 9.08. The Morgan fingerprint density at radius 2 is 2.00 bits per heavy atom. The third-order valence-electron chi connectivity index (χ3n) is 5.40. The Balaban J connectivity index is 2.20. The first-order valence-electron chi connectivity index (χ1n) is 8.17. The monoisotopic (exact) mass is 289 g/mol. The van der Waals surface area contributed by atoms with Crippen molar-refractivity contribution in [2.75, 3.05) is 14.1 Å². The Hall–Kier alpha value is -0.900. The van der Waals surface area contributed by atoms with Gasteiger partial charge in [-0.25, -0.2) is 0 Å². The predicted octanol–water partition coefficient (Wildman–Crippen LogP) is 2.88. The lowest BCUT2D eigenvalue weighted by atomic mass is 9.71. The standard InChI is InChI=1S/C18H31N3/c1-14-8-10-18(11-9-14,21(3)4)17(20-19)13-16-7-5-6-15(2)12-16/h5-7,12,14,17,20H,8-11,13,19H2,1-4H3. The van der Waals surface area contributed by atoms with Gasteiger partial charge in [-0.15, -0.1) is 0 Å². The van der Waals surface area contributed by atoms with Crippen molar-refractivity contribution in [1.82, 2.24) is 10.3 Å². The highest BCUT2D eigenvalue weighted by atomic mass is 15.3. The molecule has 118 valence electrons. The molecule has 1 aliphatic rings. The van der Waals surface area contributed by atoms with Gasteiger partial charge < -0.3 is 4.90 Å². The molecule has 1 aliphatic carbocycles. The van der Waals surface area contributed by atoms with Gasteiger partial charge in [0.15, 0.2) is 0 Å². The maximum atomic E-state index is 5.97. The zero-order valence-corrected chi connectivity index (χ0v) is 14.0. The Morgan fingerprint density at radius 3 is 2.52 bits per heavy atom. The molecule has 0 amide bonds. The second-order valence-corrected chi connectivity index (χ2v) is 7.09. The van der Waals surface area contributed by atoms with Gasteiger partial charge in [0.05, 0.1) is 0 Å². The topological polar surface area (TPSA) is 41.3 Å². The Bertz CT molecular complexity index is 448. The summed E-state index contributed by atoms with van der Waals surface area (Å²) in [5, 5.41) is 0. The number of hydrogen-bond donors (Lipinski definition) is 2. The van der Waals surface area contributed by atoms with Crippen LogP contribution >= 0.6 is 0 Å². The number of benzene rings is 1. The molecule has 0 aromatic heterocycles. The van der Waals surface area contributed by atoms with Crippen molar-refractivity contribution in [2.45, 2.75) is 57.5 Å². The molecular formula is C18H31N3. The second kappa shape index (κ2) is 6.91. The average molecular weight is 289 g/mol. The summed E-state index contributed by atoms with van der Waals surface area (Å²) in [5.74, 6) is 6.81. The molecule has 0 radical (unpaired) electrons. The number of rotatable bonds is 5. The summed E-state index contributed by atoms with van der Waals surface area (Å²) in [6.07, 6.45) is 6.03. The lowest BCUT2D eigenvalue weighted by Gasteiger charge is -2.49. The van der Waals surface area contributed by atoms with Crippen LogP contribution in [0.1, 0.15) is 43.7 Å². The van der Waals surface area contributed by atoms with E-state index >= 15 is 0 Å². The van der Waals surface area contributed by atoms with E-state index in [1.165, 1.54) is 36.8 Å². The van der Waals surface area contributed by atoms with Gasteiger partial charge in [-0.1, -0.05) is 36.8 Å². The number of hydrazine groups is 1. The van der Waals surface area contributed by atoms with Crippen LogP contribution in [0.15, 0.2) is 24.3 Å². The number of nitrogens with one attached hydrogen (secondary N) is 1. The summed E-state index contributed by atoms with van der Waals surface area (Å²) in [6.45, 7) is 4.52. The highest BCUT2D eigenvalue weighted by Gasteiger charge is 2.42. The molecule has 3 nitrogen and oxygen atoms in total.